The first-order valence-corrected chi connectivity index (χ1v) is 14.1. The maximum atomic E-state index is 6.04. The number of aromatic nitrogens is 4. The lowest BCUT2D eigenvalue weighted by Crippen LogP contribution is -1.99. The van der Waals surface area contributed by atoms with Gasteiger partial charge in [-0.15, -0.1) is 0 Å². The van der Waals surface area contributed by atoms with Crippen LogP contribution in [0.3, 0.4) is 0 Å². The molecule has 4 heterocycles. The maximum absolute atomic E-state index is 6.04. The van der Waals surface area contributed by atoms with E-state index in [9.17, 15) is 0 Å². The van der Waals surface area contributed by atoms with Crippen LogP contribution in [-0.2, 0) is 35.9 Å². The average molecular weight is 553 g/mol. The minimum atomic E-state index is 0.431. The highest BCUT2D eigenvalue weighted by atomic mass is 16.5. The molecule has 2 aromatic carbocycles. The molecule has 0 unspecified atom stereocenters. The highest BCUT2D eigenvalue weighted by Crippen LogP contribution is 2.21. The molecule has 42 heavy (non-hydrogen) atoms. The molecule has 0 N–H and O–H groups in total. The zero-order valence-electron chi connectivity index (χ0n) is 23.8. The van der Waals surface area contributed by atoms with Crippen molar-refractivity contribution in [1.29, 1.82) is 0 Å². The number of rotatable bonds is 10. The fourth-order valence-corrected chi connectivity index (χ4v) is 4.85. The summed E-state index contributed by atoms with van der Waals surface area (Å²) in [4.78, 5) is 18.6. The van der Waals surface area contributed by atoms with E-state index in [1.165, 1.54) is 5.39 Å². The molecule has 6 rings (SSSR count). The van der Waals surface area contributed by atoms with E-state index in [0.29, 0.717) is 26.4 Å². The van der Waals surface area contributed by atoms with Crippen LogP contribution in [0.15, 0.2) is 109 Å². The molecule has 6 nitrogen and oxygen atoms in total. The molecule has 6 aromatic rings. The fraction of sp³-hybridized carbons (Fsp3) is 0.167. The van der Waals surface area contributed by atoms with Gasteiger partial charge in [0.2, 0.25) is 0 Å². The van der Waals surface area contributed by atoms with Crippen molar-refractivity contribution in [3.8, 4) is 22.8 Å². The molecule has 0 aliphatic carbocycles. The molecule has 0 atom stereocenters. The number of pyridine rings is 4. The van der Waals surface area contributed by atoms with Crippen molar-refractivity contribution in [2.75, 3.05) is 0 Å². The first kappa shape index (κ1) is 27.4. The van der Waals surface area contributed by atoms with Crippen LogP contribution in [0.2, 0.25) is 0 Å². The van der Waals surface area contributed by atoms with Crippen molar-refractivity contribution < 1.29 is 9.47 Å². The molecule has 0 aliphatic rings. The Balaban J connectivity index is 1.05. The number of ether oxygens (including phenoxy) is 2. The van der Waals surface area contributed by atoms with Crippen LogP contribution in [0.25, 0.3) is 33.5 Å². The molecule has 4 aromatic heterocycles. The van der Waals surface area contributed by atoms with E-state index in [2.05, 4.69) is 46.4 Å². The Kier molecular flexibility index (Phi) is 8.36. The van der Waals surface area contributed by atoms with Crippen molar-refractivity contribution in [2.45, 2.75) is 40.3 Å². The number of benzene rings is 2. The lowest BCUT2D eigenvalue weighted by molar-refractivity contribution is 0.104. The summed E-state index contributed by atoms with van der Waals surface area (Å²) in [6, 6.07) is 36.7. The summed E-state index contributed by atoms with van der Waals surface area (Å²) in [6.45, 7) is 5.84. The first-order chi connectivity index (χ1) is 20.6. The standard InChI is InChI=1S/C36H32N4O2/c1-25-7-3-11-33(37-25)35-13-5-9-31(39-35)23-41-21-27-15-17-29-18-16-28(20-30(29)19-27)22-42-24-32-10-6-14-36(40-32)34-12-4-8-26(2)38-34/h3-20H,21-24H2,1-2H3. The third kappa shape index (κ3) is 6.92. The number of fused-ring (bicyclic) bond motifs is 1. The van der Waals surface area contributed by atoms with Crippen LogP contribution in [-0.4, -0.2) is 19.9 Å². The Morgan fingerprint density at radius 2 is 0.857 bits per heavy atom. The van der Waals surface area contributed by atoms with Gasteiger partial charge in [-0.3, -0.25) is 9.97 Å². The van der Waals surface area contributed by atoms with Crippen LogP contribution < -0.4 is 0 Å². The molecule has 0 bridgehead atoms. The van der Waals surface area contributed by atoms with Crippen molar-refractivity contribution >= 4 is 10.8 Å². The summed E-state index contributed by atoms with van der Waals surface area (Å²) >= 11 is 0. The maximum Gasteiger partial charge on any atom is 0.0892 e. The third-order valence-electron chi connectivity index (χ3n) is 6.92. The van der Waals surface area contributed by atoms with Crippen LogP contribution in [0, 0.1) is 13.8 Å². The summed E-state index contributed by atoms with van der Waals surface area (Å²) in [5, 5.41) is 2.34. The Morgan fingerprint density at radius 3 is 1.31 bits per heavy atom. The number of hydrogen-bond donors (Lipinski definition) is 0. The van der Waals surface area contributed by atoms with E-state index >= 15 is 0 Å². The van der Waals surface area contributed by atoms with Gasteiger partial charge in [0.05, 0.1) is 60.6 Å². The lowest BCUT2D eigenvalue weighted by atomic mass is 10.0. The van der Waals surface area contributed by atoms with E-state index in [1.807, 2.05) is 86.6 Å². The second kappa shape index (κ2) is 12.8. The predicted octanol–water partition coefficient (Wildman–Crippen LogP) is 7.80. The summed E-state index contributed by atoms with van der Waals surface area (Å²) < 4.78 is 12.1. The molecule has 0 radical (unpaired) electrons. The molecule has 0 spiro atoms. The van der Waals surface area contributed by atoms with Crippen molar-refractivity contribution in [1.82, 2.24) is 19.9 Å². The molecule has 0 fully saturated rings. The summed E-state index contributed by atoms with van der Waals surface area (Å²) in [5.74, 6) is 0. The Bertz CT molecular complexity index is 1710. The Morgan fingerprint density at radius 1 is 0.429 bits per heavy atom. The van der Waals surface area contributed by atoms with E-state index in [-0.39, 0.29) is 0 Å². The molecule has 0 aliphatic heterocycles. The highest BCUT2D eigenvalue weighted by Gasteiger charge is 2.06. The van der Waals surface area contributed by atoms with E-state index in [4.69, 9.17) is 19.4 Å². The summed E-state index contributed by atoms with van der Waals surface area (Å²) in [6.07, 6.45) is 0. The van der Waals surface area contributed by atoms with Crippen molar-refractivity contribution in [3.05, 3.63) is 143 Å². The fourth-order valence-electron chi connectivity index (χ4n) is 4.85. The molecule has 0 saturated heterocycles. The van der Waals surface area contributed by atoms with Crippen LogP contribution in [0.4, 0.5) is 0 Å². The Labute approximate surface area is 246 Å². The quantitative estimate of drug-likeness (QED) is 0.173. The minimum absolute atomic E-state index is 0.431. The third-order valence-corrected chi connectivity index (χ3v) is 6.92. The molecular formula is C36H32N4O2. The van der Waals surface area contributed by atoms with Gasteiger partial charge in [0.25, 0.3) is 0 Å². The summed E-state index contributed by atoms with van der Waals surface area (Å²) in [7, 11) is 0. The topological polar surface area (TPSA) is 70.0 Å². The van der Waals surface area contributed by atoms with E-state index in [0.717, 1.165) is 62.1 Å². The Hall–Kier alpha value is -4.78. The van der Waals surface area contributed by atoms with Crippen LogP contribution >= 0.6 is 0 Å². The van der Waals surface area contributed by atoms with E-state index in [1.54, 1.807) is 0 Å². The van der Waals surface area contributed by atoms with Gasteiger partial charge in [-0.05, 0) is 96.4 Å². The number of nitrogens with zero attached hydrogens (tertiary/aromatic N) is 4. The van der Waals surface area contributed by atoms with Crippen molar-refractivity contribution in [2.24, 2.45) is 0 Å². The van der Waals surface area contributed by atoms with Crippen molar-refractivity contribution in [3.63, 3.8) is 0 Å². The van der Waals surface area contributed by atoms with E-state index < -0.39 is 0 Å². The zero-order valence-corrected chi connectivity index (χ0v) is 23.8. The molecular weight excluding hydrogens is 520 g/mol. The van der Waals surface area contributed by atoms with Gasteiger partial charge < -0.3 is 9.47 Å². The molecule has 0 saturated carbocycles. The highest BCUT2D eigenvalue weighted by molar-refractivity contribution is 5.83. The zero-order chi connectivity index (χ0) is 28.7. The van der Waals surface area contributed by atoms with Gasteiger partial charge in [-0.25, -0.2) is 9.97 Å². The first-order valence-electron chi connectivity index (χ1n) is 14.1. The van der Waals surface area contributed by atoms with Gasteiger partial charge in [-0.2, -0.15) is 0 Å². The predicted molar refractivity (Wildman–Crippen MR) is 165 cm³/mol. The molecule has 0 amide bonds. The largest absolute Gasteiger partial charge is 0.370 e. The van der Waals surface area contributed by atoms with Gasteiger partial charge in [0.15, 0.2) is 0 Å². The van der Waals surface area contributed by atoms with Gasteiger partial charge in [0.1, 0.15) is 0 Å². The lowest BCUT2D eigenvalue weighted by Gasteiger charge is -2.09. The minimum Gasteiger partial charge on any atom is -0.370 e. The second-order valence-corrected chi connectivity index (χ2v) is 10.4. The average Bonchev–Trinajstić information content (AvgIpc) is 3.01. The number of hydrogen-bond acceptors (Lipinski definition) is 6. The van der Waals surface area contributed by atoms with Crippen LogP contribution in [0.5, 0.6) is 0 Å². The monoisotopic (exact) mass is 552 g/mol. The smallest absolute Gasteiger partial charge is 0.0892 e. The van der Waals surface area contributed by atoms with Gasteiger partial charge >= 0.3 is 0 Å². The van der Waals surface area contributed by atoms with Gasteiger partial charge in [0, 0.05) is 11.4 Å². The molecule has 6 heteroatoms. The molecule has 208 valence electrons. The van der Waals surface area contributed by atoms with Crippen LogP contribution in [0.1, 0.15) is 33.9 Å². The van der Waals surface area contributed by atoms with Gasteiger partial charge in [-0.1, -0.05) is 48.5 Å². The normalized spacial score (nSPS) is 11.2. The SMILES string of the molecule is Cc1cccc(-c2cccc(COCc3ccc4ccc(COCc5cccc(-c6cccc(C)n6)n5)cc4c3)n2)n1. The second-order valence-electron chi connectivity index (χ2n) is 10.4. The summed E-state index contributed by atoms with van der Waals surface area (Å²) in [5.41, 5.74) is 9.38. The number of aryl methyl sites for hydroxylation is 2.